The summed E-state index contributed by atoms with van der Waals surface area (Å²) in [6.07, 6.45) is 1.38. The van der Waals surface area contributed by atoms with Crippen LogP contribution < -0.4 is 5.32 Å². The Morgan fingerprint density at radius 3 is 2.95 bits per heavy atom. The Morgan fingerprint density at radius 2 is 2.20 bits per heavy atom. The highest BCUT2D eigenvalue weighted by Gasteiger charge is 2.32. The molecule has 2 rings (SSSR count). The van der Waals surface area contributed by atoms with Crippen molar-refractivity contribution in [3.63, 3.8) is 0 Å². The quantitative estimate of drug-likeness (QED) is 0.777. The summed E-state index contributed by atoms with van der Waals surface area (Å²) in [7, 11) is 0. The Bertz CT molecular complexity index is 453. The van der Waals surface area contributed by atoms with Crippen LogP contribution in [-0.4, -0.2) is 37.1 Å². The van der Waals surface area contributed by atoms with Gasteiger partial charge in [-0.25, -0.2) is 4.39 Å². The van der Waals surface area contributed by atoms with Crippen LogP contribution in [0.5, 0.6) is 0 Å². The van der Waals surface area contributed by atoms with Gasteiger partial charge in [-0.1, -0.05) is 25.1 Å². The molecule has 0 spiro atoms. The summed E-state index contributed by atoms with van der Waals surface area (Å²) >= 11 is 0. The van der Waals surface area contributed by atoms with Gasteiger partial charge in [-0.05, 0) is 18.9 Å². The van der Waals surface area contributed by atoms with E-state index >= 15 is 0 Å². The molecular weight excluding hydrogens is 259 g/mol. The number of amides is 1. The van der Waals surface area contributed by atoms with Crippen LogP contribution in [0.4, 0.5) is 4.39 Å². The summed E-state index contributed by atoms with van der Waals surface area (Å²) in [6, 6.07) is 6.57. The fraction of sp³-hybridized carbons (Fsp3) is 0.533. The topological polar surface area (TPSA) is 41.6 Å². The maximum Gasteiger partial charge on any atom is 0.238 e. The van der Waals surface area contributed by atoms with Gasteiger partial charge in [0.15, 0.2) is 0 Å². The number of carbonyl (C=O) groups excluding carboxylic acids is 1. The minimum Gasteiger partial charge on any atom is -0.381 e. The molecule has 1 aliphatic heterocycles. The van der Waals surface area contributed by atoms with E-state index in [1.165, 1.54) is 6.07 Å². The van der Waals surface area contributed by atoms with Crippen molar-refractivity contribution in [2.24, 2.45) is 0 Å². The molecule has 0 bridgehead atoms. The van der Waals surface area contributed by atoms with Gasteiger partial charge >= 0.3 is 0 Å². The summed E-state index contributed by atoms with van der Waals surface area (Å²) in [5, 5.41) is 3.06. The molecule has 1 N–H and O–H groups in total. The van der Waals surface area contributed by atoms with Crippen LogP contribution >= 0.6 is 0 Å². The lowest BCUT2D eigenvalue weighted by molar-refractivity contribution is -0.128. The smallest absolute Gasteiger partial charge is 0.238 e. The molecule has 0 radical (unpaired) electrons. The minimum atomic E-state index is -0.366. The molecule has 110 valence electrons. The standard InChI is InChI=1S/C15H21FN2O2/c1-2-9-20-10-5-8-18-14(19)11-17-15(18)12-6-3-4-7-13(12)16/h3-4,6-7,15,17H,2,5,8-11H2,1H3. The van der Waals surface area contributed by atoms with Crippen molar-refractivity contribution >= 4 is 5.91 Å². The Balaban J connectivity index is 1.95. The molecular formula is C15H21FN2O2. The molecule has 1 atom stereocenters. The van der Waals surface area contributed by atoms with Crippen LogP contribution in [0.3, 0.4) is 0 Å². The van der Waals surface area contributed by atoms with Crippen molar-refractivity contribution in [2.45, 2.75) is 25.9 Å². The van der Waals surface area contributed by atoms with Crippen molar-refractivity contribution in [3.05, 3.63) is 35.6 Å². The number of nitrogens with one attached hydrogen (secondary N) is 1. The lowest BCUT2D eigenvalue weighted by Gasteiger charge is -2.25. The Kier molecular flexibility index (Phi) is 5.49. The lowest BCUT2D eigenvalue weighted by atomic mass is 10.1. The summed E-state index contributed by atoms with van der Waals surface area (Å²) in [5.41, 5.74) is 0.521. The van der Waals surface area contributed by atoms with E-state index in [-0.39, 0.29) is 24.4 Å². The fourth-order valence-electron chi connectivity index (χ4n) is 2.35. The molecule has 1 fully saturated rings. The van der Waals surface area contributed by atoms with Gasteiger partial charge in [0.1, 0.15) is 12.0 Å². The van der Waals surface area contributed by atoms with Crippen molar-refractivity contribution in [1.29, 1.82) is 0 Å². The largest absolute Gasteiger partial charge is 0.381 e. The number of carbonyl (C=O) groups is 1. The number of halogens is 1. The monoisotopic (exact) mass is 280 g/mol. The van der Waals surface area contributed by atoms with Crippen LogP contribution in [0.15, 0.2) is 24.3 Å². The third kappa shape index (κ3) is 3.55. The number of benzene rings is 1. The molecule has 0 aromatic heterocycles. The van der Waals surface area contributed by atoms with Gasteiger partial charge in [-0.3, -0.25) is 10.1 Å². The van der Waals surface area contributed by atoms with Gasteiger partial charge in [-0.15, -0.1) is 0 Å². The number of rotatable bonds is 7. The van der Waals surface area contributed by atoms with E-state index in [0.29, 0.717) is 18.7 Å². The van der Waals surface area contributed by atoms with Crippen LogP contribution in [0, 0.1) is 5.82 Å². The zero-order valence-electron chi connectivity index (χ0n) is 11.8. The first-order chi connectivity index (χ1) is 9.74. The predicted molar refractivity (Wildman–Crippen MR) is 74.6 cm³/mol. The molecule has 1 unspecified atom stereocenters. The third-order valence-electron chi connectivity index (χ3n) is 3.31. The van der Waals surface area contributed by atoms with Gasteiger partial charge in [-0.2, -0.15) is 0 Å². The number of hydrogen-bond donors (Lipinski definition) is 1. The van der Waals surface area contributed by atoms with E-state index in [1.807, 2.05) is 0 Å². The van der Waals surface area contributed by atoms with Gasteiger partial charge < -0.3 is 9.64 Å². The molecule has 1 saturated heterocycles. The maximum atomic E-state index is 13.8. The average molecular weight is 280 g/mol. The van der Waals surface area contributed by atoms with Gasteiger partial charge in [0.25, 0.3) is 0 Å². The summed E-state index contributed by atoms with van der Waals surface area (Å²) in [4.78, 5) is 13.6. The van der Waals surface area contributed by atoms with E-state index in [9.17, 15) is 9.18 Å². The molecule has 0 saturated carbocycles. The van der Waals surface area contributed by atoms with Crippen molar-refractivity contribution < 1.29 is 13.9 Å². The fourth-order valence-corrected chi connectivity index (χ4v) is 2.35. The molecule has 0 aliphatic carbocycles. The normalized spacial score (nSPS) is 18.8. The van der Waals surface area contributed by atoms with E-state index < -0.39 is 0 Å². The SMILES string of the molecule is CCCOCCCN1C(=O)CNC1c1ccccc1F. The molecule has 1 amide bonds. The van der Waals surface area contributed by atoms with E-state index in [4.69, 9.17) is 4.74 Å². The second kappa shape index (κ2) is 7.36. The maximum absolute atomic E-state index is 13.8. The molecule has 1 heterocycles. The zero-order valence-corrected chi connectivity index (χ0v) is 11.8. The molecule has 4 nitrogen and oxygen atoms in total. The van der Waals surface area contributed by atoms with Crippen molar-refractivity contribution in [1.82, 2.24) is 10.2 Å². The lowest BCUT2D eigenvalue weighted by Crippen LogP contribution is -2.32. The highest BCUT2D eigenvalue weighted by Crippen LogP contribution is 2.24. The molecule has 20 heavy (non-hydrogen) atoms. The third-order valence-corrected chi connectivity index (χ3v) is 3.31. The van der Waals surface area contributed by atoms with Gasteiger partial charge in [0, 0.05) is 25.3 Å². The second-order valence-electron chi connectivity index (χ2n) is 4.86. The Hall–Kier alpha value is -1.46. The summed E-state index contributed by atoms with van der Waals surface area (Å²) < 4.78 is 19.2. The van der Waals surface area contributed by atoms with Crippen LogP contribution in [-0.2, 0) is 9.53 Å². The number of nitrogens with zero attached hydrogens (tertiary/aromatic N) is 1. The predicted octanol–water partition coefficient (Wildman–Crippen LogP) is 2.07. The average Bonchev–Trinajstić information content (AvgIpc) is 2.81. The summed E-state index contributed by atoms with van der Waals surface area (Å²) in [6.45, 7) is 4.26. The van der Waals surface area contributed by atoms with Crippen molar-refractivity contribution in [2.75, 3.05) is 26.3 Å². The molecule has 1 aromatic rings. The van der Waals surface area contributed by atoms with E-state index in [2.05, 4.69) is 12.2 Å². The molecule has 5 heteroatoms. The first kappa shape index (κ1) is 14.9. The second-order valence-corrected chi connectivity index (χ2v) is 4.86. The van der Waals surface area contributed by atoms with E-state index in [1.54, 1.807) is 23.1 Å². The summed E-state index contributed by atoms with van der Waals surface area (Å²) in [5.74, 6) is -0.277. The minimum absolute atomic E-state index is 0.00810. The number of hydrogen-bond acceptors (Lipinski definition) is 3. The van der Waals surface area contributed by atoms with Crippen LogP contribution in [0.25, 0.3) is 0 Å². The Labute approximate surface area is 118 Å². The Morgan fingerprint density at radius 1 is 1.40 bits per heavy atom. The first-order valence-electron chi connectivity index (χ1n) is 7.09. The van der Waals surface area contributed by atoms with Crippen molar-refractivity contribution in [3.8, 4) is 0 Å². The molecule has 1 aliphatic rings. The van der Waals surface area contributed by atoms with Crippen LogP contribution in [0.1, 0.15) is 31.5 Å². The highest BCUT2D eigenvalue weighted by molar-refractivity contribution is 5.80. The molecule has 1 aromatic carbocycles. The zero-order chi connectivity index (χ0) is 14.4. The number of ether oxygens (including phenoxy) is 1. The van der Waals surface area contributed by atoms with Crippen LogP contribution in [0.2, 0.25) is 0 Å². The highest BCUT2D eigenvalue weighted by atomic mass is 19.1. The first-order valence-corrected chi connectivity index (χ1v) is 7.09. The van der Waals surface area contributed by atoms with Gasteiger partial charge in [0.2, 0.25) is 5.91 Å². The van der Waals surface area contributed by atoms with E-state index in [0.717, 1.165) is 19.4 Å². The van der Waals surface area contributed by atoms with Gasteiger partial charge in [0.05, 0.1) is 6.54 Å².